The third-order valence-corrected chi connectivity index (χ3v) is 5.68. The molecular weight excluding hydrogens is 462 g/mol. The van der Waals surface area contributed by atoms with E-state index in [4.69, 9.17) is 4.74 Å². The first kappa shape index (κ1) is 30.8. The molecule has 2 unspecified atom stereocenters. The van der Waals surface area contributed by atoms with E-state index in [0.717, 1.165) is 37.7 Å². The van der Waals surface area contributed by atoms with Gasteiger partial charge in [0.05, 0.1) is 0 Å². The van der Waals surface area contributed by atoms with Crippen molar-refractivity contribution < 1.29 is 19.1 Å². The molecule has 2 N–H and O–H groups in total. The summed E-state index contributed by atoms with van der Waals surface area (Å²) in [5.41, 5.74) is 0.0241. The molecular formula is C27H45N3O4S. The fourth-order valence-corrected chi connectivity index (χ4v) is 3.98. The molecule has 2 atom stereocenters. The van der Waals surface area contributed by atoms with Gasteiger partial charge in [0.2, 0.25) is 11.8 Å². The van der Waals surface area contributed by atoms with Gasteiger partial charge in [-0.3, -0.25) is 9.59 Å². The quantitative estimate of drug-likeness (QED) is 0.237. The van der Waals surface area contributed by atoms with Crippen molar-refractivity contribution in [3.63, 3.8) is 0 Å². The van der Waals surface area contributed by atoms with Crippen molar-refractivity contribution in [2.24, 2.45) is 0 Å². The fraction of sp³-hybridized carbons (Fsp3) is 0.667. The first-order valence-electron chi connectivity index (χ1n) is 12.8. The van der Waals surface area contributed by atoms with E-state index in [1.165, 1.54) is 6.42 Å². The van der Waals surface area contributed by atoms with Gasteiger partial charge in [-0.15, -0.1) is 0 Å². The molecule has 3 amide bonds. The fourth-order valence-electron chi connectivity index (χ4n) is 3.74. The van der Waals surface area contributed by atoms with Crippen molar-refractivity contribution in [2.75, 3.05) is 12.3 Å². The van der Waals surface area contributed by atoms with Crippen LogP contribution in [0.15, 0.2) is 30.3 Å². The van der Waals surface area contributed by atoms with Gasteiger partial charge in [0, 0.05) is 18.3 Å². The highest BCUT2D eigenvalue weighted by Gasteiger charge is 2.35. The molecule has 0 aliphatic rings. The summed E-state index contributed by atoms with van der Waals surface area (Å²) in [5.74, 6) is -0.522. The molecule has 0 saturated carbocycles. The zero-order valence-electron chi connectivity index (χ0n) is 22.3. The number of unbranched alkanes of at least 4 members (excludes halogenated alkanes) is 5. The average Bonchev–Trinajstić information content (AvgIpc) is 2.77. The summed E-state index contributed by atoms with van der Waals surface area (Å²) < 4.78 is 5.35. The Kier molecular flexibility index (Phi) is 13.8. The van der Waals surface area contributed by atoms with Gasteiger partial charge >= 0.3 is 6.09 Å². The van der Waals surface area contributed by atoms with E-state index in [0.29, 0.717) is 6.54 Å². The molecule has 0 saturated heterocycles. The molecule has 0 aliphatic heterocycles. The van der Waals surface area contributed by atoms with E-state index < -0.39 is 23.8 Å². The molecule has 0 radical (unpaired) electrons. The van der Waals surface area contributed by atoms with Gasteiger partial charge in [0.1, 0.15) is 17.7 Å². The Balaban J connectivity index is 3.22. The Labute approximate surface area is 217 Å². The van der Waals surface area contributed by atoms with Gasteiger partial charge in [0.15, 0.2) is 0 Å². The maximum absolute atomic E-state index is 13.8. The number of ether oxygens (including phenoxy) is 1. The maximum atomic E-state index is 13.8. The Morgan fingerprint density at radius 2 is 1.57 bits per heavy atom. The van der Waals surface area contributed by atoms with Crippen LogP contribution in [0.5, 0.6) is 0 Å². The van der Waals surface area contributed by atoms with E-state index in [1.54, 1.807) is 25.7 Å². The Morgan fingerprint density at radius 3 is 2.11 bits per heavy atom. The van der Waals surface area contributed by atoms with E-state index >= 15 is 0 Å². The lowest BCUT2D eigenvalue weighted by molar-refractivity contribution is -0.142. The SMILES string of the molecule is CCCCCCCCN(C(=O)C(CS)NC(=O)OC(C)(C)C)C(C(=O)NC(C)C)c1ccccc1. The second kappa shape index (κ2) is 15.7. The number of amides is 3. The monoisotopic (exact) mass is 507 g/mol. The molecule has 0 aromatic heterocycles. The molecule has 0 aliphatic carbocycles. The lowest BCUT2D eigenvalue weighted by atomic mass is 10.0. The highest BCUT2D eigenvalue weighted by Crippen LogP contribution is 2.24. The predicted octanol–water partition coefficient (Wildman–Crippen LogP) is 5.26. The van der Waals surface area contributed by atoms with Crippen LogP contribution in [0.4, 0.5) is 4.79 Å². The summed E-state index contributed by atoms with van der Waals surface area (Å²) in [5, 5.41) is 5.61. The first-order chi connectivity index (χ1) is 16.5. The predicted molar refractivity (Wildman–Crippen MR) is 145 cm³/mol. The van der Waals surface area contributed by atoms with Crippen molar-refractivity contribution >= 4 is 30.5 Å². The number of hydrogen-bond donors (Lipinski definition) is 3. The number of thiol groups is 1. The highest BCUT2D eigenvalue weighted by molar-refractivity contribution is 7.80. The van der Waals surface area contributed by atoms with E-state index in [2.05, 4.69) is 30.2 Å². The van der Waals surface area contributed by atoms with Gasteiger partial charge in [-0.1, -0.05) is 69.4 Å². The van der Waals surface area contributed by atoms with E-state index in [9.17, 15) is 14.4 Å². The summed E-state index contributed by atoms with van der Waals surface area (Å²) in [6, 6.07) is 7.46. The van der Waals surface area contributed by atoms with E-state index in [-0.39, 0.29) is 23.6 Å². The molecule has 1 rings (SSSR count). The molecule has 198 valence electrons. The van der Waals surface area contributed by atoms with Crippen LogP contribution in [0, 0.1) is 0 Å². The molecule has 0 spiro atoms. The Bertz CT molecular complexity index is 780. The van der Waals surface area contributed by atoms with Crippen molar-refractivity contribution in [3.05, 3.63) is 35.9 Å². The molecule has 7 nitrogen and oxygen atoms in total. The highest BCUT2D eigenvalue weighted by atomic mass is 32.1. The van der Waals surface area contributed by atoms with Crippen LogP contribution in [0.3, 0.4) is 0 Å². The number of nitrogens with zero attached hydrogens (tertiary/aromatic N) is 1. The summed E-state index contributed by atoms with van der Waals surface area (Å²) in [6.07, 6.45) is 5.62. The zero-order chi connectivity index (χ0) is 26.4. The molecule has 0 heterocycles. The second-order valence-electron chi connectivity index (χ2n) is 10.2. The maximum Gasteiger partial charge on any atom is 0.408 e. The zero-order valence-corrected chi connectivity index (χ0v) is 23.2. The number of hydrogen-bond acceptors (Lipinski definition) is 5. The van der Waals surface area contributed by atoms with Gasteiger partial charge < -0.3 is 20.3 Å². The van der Waals surface area contributed by atoms with Gasteiger partial charge in [-0.05, 0) is 46.6 Å². The van der Waals surface area contributed by atoms with Crippen LogP contribution < -0.4 is 10.6 Å². The molecule has 8 heteroatoms. The number of alkyl carbamates (subject to hydrolysis) is 1. The first-order valence-corrected chi connectivity index (χ1v) is 13.4. The van der Waals surface area contributed by atoms with Crippen molar-refractivity contribution in [2.45, 2.75) is 104 Å². The minimum absolute atomic E-state index is 0.0817. The second-order valence-corrected chi connectivity index (χ2v) is 10.5. The third-order valence-electron chi connectivity index (χ3n) is 5.31. The molecule has 1 aromatic rings. The van der Waals surface area contributed by atoms with Crippen LogP contribution >= 0.6 is 12.6 Å². The number of carbonyl (C=O) groups is 3. The van der Waals surface area contributed by atoms with Gasteiger partial charge in [0.25, 0.3) is 0 Å². The third kappa shape index (κ3) is 11.8. The summed E-state index contributed by atoms with van der Waals surface area (Å²) in [4.78, 5) is 41.1. The largest absolute Gasteiger partial charge is 0.444 e. The summed E-state index contributed by atoms with van der Waals surface area (Å²) in [6.45, 7) is 11.6. The van der Waals surface area contributed by atoms with Crippen molar-refractivity contribution in [1.82, 2.24) is 15.5 Å². The smallest absolute Gasteiger partial charge is 0.408 e. The van der Waals surface area contributed by atoms with Crippen LogP contribution in [0.1, 0.15) is 91.7 Å². The minimum Gasteiger partial charge on any atom is -0.444 e. The van der Waals surface area contributed by atoms with Crippen LogP contribution in [-0.2, 0) is 14.3 Å². The van der Waals surface area contributed by atoms with Crippen molar-refractivity contribution in [1.29, 1.82) is 0 Å². The molecule has 1 aromatic carbocycles. The number of rotatable bonds is 14. The summed E-state index contributed by atoms with van der Waals surface area (Å²) >= 11 is 4.33. The lowest BCUT2D eigenvalue weighted by Gasteiger charge is -2.34. The molecule has 35 heavy (non-hydrogen) atoms. The van der Waals surface area contributed by atoms with Gasteiger partial charge in [-0.25, -0.2) is 4.79 Å². The van der Waals surface area contributed by atoms with Crippen LogP contribution in [0.2, 0.25) is 0 Å². The number of benzene rings is 1. The number of carbonyl (C=O) groups excluding carboxylic acids is 3. The lowest BCUT2D eigenvalue weighted by Crippen LogP contribution is -2.54. The topological polar surface area (TPSA) is 87.7 Å². The van der Waals surface area contributed by atoms with Crippen LogP contribution in [0.25, 0.3) is 0 Å². The Hall–Kier alpha value is -2.22. The summed E-state index contributed by atoms with van der Waals surface area (Å²) in [7, 11) is 0. The van der Waals surface area contributed by atoms with E-state index in [1.807, 2.05) is 44.2 Å². The average molecular weight is 508 g/mol. The van der Waals surface area contributed by atoms with Crippen molar-refractivity contribution in [3.8, 4) is 0 Å². The Morgan fingerprint density at radius 1 is 0.971 bits per heavy atom. The normalized spacial score (nSPS) is 13.1. The van der Waals surface area contributed by atoms with Gasteiger partial charge in [-0.2, -0.15) is 12.6 Å². The molecule has 0 fully saturated rings. The number of nitrogens with one attached hydrogen (secondary N) is 2. The minimum atomic E-state index is -0.925. The van der Waals surface area contributed by atoms with Crippen LogP contribution in [-0.4, -0.2) is 52.8 Å². The molecule has 0 bridgehead atoms. The standard InChI is InChI=1S/C27H45N3O4S/c1-7-8-9-10-11-15-18-30(25(32)22(19-35)29-26(33)34-27(4,5)6)23(24(31)28-20(2)3)21-16-13-12-14-17-21/h12-14,16-17,20,22-23,35H,7-11,15,18-19H2,1-6H3,(H,28,31)(H,29,33).